The summed E-state index contributed by atoms with van der Waals surface area (Å²) in [4.78, 5) is 27.3. The van der Waals surface area contributed by atoms with Crippen LogP contribution in [0, 0.1) is 6.92 Å². The molecule has 0 aliphatic heterocycles. The van der Waals surface area contributed by atoms with Crippen molar-refractivity contribution < 1.29 is 18.0 Å². The molecule has 1 N–H and O–H groups in total. The SMILES string of the molecule is Cc1cccc(CN(C(=O)CN(C)S(=O)(=O)c2ccc(Cl)cc2)[C@H](C)C(=O)NC(C)C)c1. The number of halogens is 1. The zero-order chi connectivity index (χ0) is 24.1. The Balaban J connectivity index is 2.27. The predicted octanol–water partition coefficient (Wildman–Crippen LogP) is 3.21. The van der Waals surface area contributed by atoms with Crippen molar-refractivity contribution in [1.29, 1.82) is 0 Å². The monoisotopic (exact) mass is 479 g/mol. The second-order valence-corrected chi connectivity index (χ2v) is 10.5. The summed E-state index contributed by atoms with van der Waals surface area (Å²) in [5.41, 5.74) is 1.88. The van der Waals surface area contributed by atoms with Crippen molar-refractivity contribution in [1.82, 2.24) is 14.5 Å². The molecule has 2 aromatic carbocycles. The van der Waals surface area contributed by atoms with Crippen molar-refractivity contribution in [3.63, 3.8) is 0 Å². The molecule has 9 heteroatoms. The van der Waals surface area contributed by atoms with Gasteiger partial charge in [-0.15, -0.1) is 0 Å². The fourth-order valence-corrected chi connectivity index (χ4v) is 4.39. The molecule has 32 heavy (non-hydrogen) atoms. The highest BCUT2D eigenvalue weighted by molar-refractivity contribution is 7.89. The smallest absolute Gasteiger partial charge is 0.243 e. The van der Waals surface area contributed by atoms with E-state index in [9.17, 15) is 18.0 Å². The number of carbonyl (C=O) groups excluding carboxylic acids is 2. The Hall–Kier alpha value is -2.42. The number of benzene rings is 2. The number of carbonyl (C=O) groups is 2. The minimum atomic E-state index is -3.90. The van der Waals surface area contributed by atoms with Crippen LogP contribution in [0.25, 0.3) is 0 Å². The van der Waals surface area contributed by atoms with Gasteiger partial charge in [0.25, 0.3) is 0 Å². The first-order valence-electron chi connectivity index (χ1n) is 10.3. The van der Waals surface area contributed by atoms with Gasteiger partial charge in [-0.1, -0.05) is 41.4 Å². The molecule has 0 spiro atoms. The molecule has 0 bridgehead atoms. The van der Waals surface area contributed by atoms with Crippen LogP contribution in [0.3, 0.4) is 0 Å². The van der Waals surface area contributed by atoms with Gasteiger partial charge >= 0.3 is 0 Å². The summed E-state index contributed by atoms with van der Waals surface area (Å²) in [5, 5.41) is 3.23. The Bertz CT molecular complexity index is 1060. The van der Waals surface area contributed by atoms with E-state index < -0.39 is 28.5 Å². The number of likely N-dealkylation sites (N-methyl/N-ethyl adjacent to an activating group) is 1. The Morgan fingerprint density at radius 3 is 2.25 bits per heavy atom. The third kappa shape index (κ3) is 6.79. The molecule has 2 rings (SSSR count). The number of nitrogens with one attached hydrogen (secondary N) is 1. The van der Waals surface area contributed by atoms with E-state index in [1.54, 1.807) is 6.92 Å². The van der Waals surface area contributed by atoms with Gasteiger partial charge in [0.15, 0.2) is 0 Å². The van der Waals surface area contributed by atoms with Crippen molar-refractivity contribution in [2.75, 3.05) is 13.6 Å². The van der Waals surface area contributed by atoms with Gasteiger partial charge in [-0.25, -0.2) is 8.42 Å². The molecular formula is C23H30ClN3O4S. The summed E-state index contributed by atoms with van der Waals surface area (Å²) in [6.07, 6.45) is 0. The summed E-state index contributed by atoms with van der Waals surface area (Å²) < 4.78 is 26.8. The lowest BCUT2D eigenvalue weighted by molar-refractivity contribution is -0.140. The summed E-state index contributed by atoms with van der Waals surface area (Å²) in [6.45, 7) is 7.03. The maximum Gasteiger partial charge on any atom is 0.243 e. The number of hydrogen-bond acceptors (Lipinski definition) is 4. The van der Waals surface area contributed by atoms with Crippen LogP contribution in [-0.4, -0.2) is 55.1 Å². The highest BCUT2D eigenvalue weighted by Gasteiger charge is 2.30. The Labute approximate surface area is 195 Å². The summed E-state index contributed by atoms with van der Waals surface area (Å²) in [6, 6.07) is 12.5. The van der Waals surface area contributed by atoms with Crippen molar-refractivity contribution in [2.45, 2.75) is 51.2 Å². The number of aryl methyl sites for hydroxylation is 1. The van der Waals surface area contributed by atoms with Crippen LogP contribution >= 0.6 is 11.6 Å². The molecule has 0 unspecified atom stereocenters. The zero-order valence-corrected chi connectivity index (χ0v) is 20.6. The fourth-order valence-electron chi connectivity index (χ4n) is 3.15. The van der Waals surface area contributed by atoms with E-state index in [0.29, 0.717) is 5.02 Å². The fraction of sp³-hybridized carbons (Fsp3) is 0.391. The molecule has 2 amide bonds. The largest absolute Gasteiger partial charge is 0.352 e. The number of nitrogens with zero attached hydrogens (tertiary/aromatic N) is 2. The lowest BCUT2D eigenvalue weighted by Gasteiger charge is -2.31. The van der Waals surface area contributed by atoms with Crippen LogP contribution in [0.15, 0.2) is 53.4 Å². The third-order valence-electron chi connectivity index (χ3n) is 4.91. The van der Waals surface area contributed by atoms with E-state index in [4.69, 9.17) is 11.6 Å². The molecule has 1 atom stereocenters. The first kappa shape index (κ1) is 25.8. The first-order chi connectivity index (χ1) is 14.9. The standard InChI is InChI=1S/C23H30ClN3O4S/c1-16(2)25-23(29)18(4)27(14-19-8-6-7-17(3)13-19)22(28)15-26(5)32(30,31)21-11-9-20(24)10-12-21/h6-13,16,18H,14-15H2,1-5H3,(H,25,29)/t18-/m1/s1. The minimum Gasteiger partial charge on any atom is -0.352 e. The van der Waals surface area contributed by atoms with Gasteiger partial charge in [-0.05, 0) is 57.5 Å². The van der Waals surface area contributed by atoms with Gasteiger partial charge in [0, 0.05) is 24.7 Å². The maximum atomic E-state index is 13.2. The average molecular weight is 480 g/mol. The molecule has 0 saturated heterocycles. The van der Waals surface area contributed by atoms with Crippen LogP contribution in [0.4, 0.5) is 0 Å². The molecular weight excluding hydrogens is 450 g/mol. The van der Waals surface area contributed by atoms with Crippen molar-refractivity contribution >= 4 is 33.4 Å². The number of hydrogen-bond donors (Lipinski definition) is 1. The Kier molecular flexibility index (Phi) is 8.83. The molecule has 174 valence electrons. The minimum absolute atomic E-state index is 0.0352. The van der Waals surface area contributed by atoms with E-state index in [1.807, 2.05) is 45.0 Å². The van der Waals surface area contributed by atoms with E-state index in [0.717, 1.165) is 15.4 Å². The molecule has 0 aliphatic carbocycles. The molecule has 0 fully saturated rings. The zero-order valence-electron chi connectivity index (χ0n) is 19.0. The molecule has 2 aromatic rings. The second-order valence-electron chi connectivity index (χ2n) is 8.06. The second kappa shape index (κ2) is 10.9. The van der Waals surface area contributed by atoms with Crippen LogP contribution < -0.4 is 5.32 Å². The quantitative estimate of drug-likeness (QED) is 0.598. The van der Waals surface area contributed by atoms with Gasteiger partial charge in [-0.2, -0.15) is 4.31 Å². The van der Waals surface area contributed by atoms with Gasteiger partial charge in [-0.3, -0.25) is 9.59 Å². The van der Waals surface area contributed by atoms with Crippen LogP contribution in [-0.2, 0) is 26.2 Å². The number of amides is 2. The molecule has 7 nitrogen and oxygen atoms in total. The van der Waals surface area contributed by atoms with E-state index in [2.05, 4.69) is 5.32 Å². The molecule has 0 heterocycles. The molecule has 0 aromatic heterocycles. The van der Waals surface area contributed by atoms with Crippen molar-refractivity contribution in [3.05, 3.63) is 64.7 Å². The highest BCUT2D eigenvalue weighted by Crippen LogP contribution is 2.18. The highest BCUT2D eigenvalue weighted by atomic mass is 35.5. The summed E-state index contributed by atoms with van der Waals surface area (Å²) >= 11 is 5.85. The first-order valence-corrected chi connectivity index (χ1v) is 12.1. The molecule has 0 saturated carbocycles. The van der Waals surface area contributed by atoms with E-state index >= 15 is 0 Å². The van der Waals surface area contributed by atoms with E-state index in [1.165, 1.54) is 36.2 Å². The summed E-state index contributed by atoms with van der Waals surface area (Å²) in [7, 11) is -2.56. The molecule has 0 aliphatic rings. The Morgan fingerprint density at radius 2 is 1.69 bits per heavy atom. The van der Waals surface area contributed by atoms with Gasteiger partial charge in [0.2, 0.25) is 21.8 Å². The van der Waals surface area contributed by atoms with Gasteiger partial charge < -0.3 is 10.2 Å². The Morgan fingerprint density at radius 1 is 1.06 bits per heavy atom. The van der Waals surface area contributed by atoms with Crippen LogP contribution in [0.2, 0.25) is 5.02 Å². The third-order valence-corrected chi connectivity index (χ3v) is 6.98. The average Bonchev–Trinajstić information content (AvgIpc) is 2.71. The number of rotatable bonds is 9. The summed E-state index contributed by atoms with van der Waals surface area (Å²) in [5.74, 6) is -0.776. The normalized spacial score (nSPS) is 12.6. The van der Waals surface area contributed by atoms with Crippen molar-refractivity contribution in [2.24, 2.45) is 0 Å². The van der Waals surface area contributed by atoms with Crippen LogP contribution in [0.5, 0.6) is 0 Å². The van der Waals surface area contributed by atoms with Crippen molar-refractivity contribution in [3.8, 4) is 0 Å². The topological polar surface area (TPSA) is 86.8 Å². The van der Waals surface area contributed by atoms with Crippen LogP contribution in [0.1, 0.15) is 31.9 Å². The maximum absolute atomic E-state index is 13.2. The molecule has 0 radical (unpaired) electrons. The van der Waals surface area contributed by atoms with Gasteiger partial charge in [0.05, 0.1) is 11.4 Å². The van der Waals surface area contributed by atoms with E-state index in [-0.39, 0.29) is 23.4 Å². The van der Waals surface area contributed by atoms with Gasteiger partial charge in [0.1, 0.15) is 6.04 Å². The lowest BCUT2D eigenvalue weighted by atomic mass is 10.1. The lowest BCUT2D eigenvalue weighted by Crippen LogP contribution is -2.51. The predicted molar refractivity (Wildman–Crippen MR) is 126 cm³/mol. The number of sulfonamides is 1.